The Balaban J connectivity index is 2.77. The second-order valence-electron chi connectivity index (χ2n) is 3.83. The number of thiophene rings is 1. The Bertz CT molecular complexity index is 424. The van der Waals surface area contributed by atoms with E-state index in [1.54, 1.807) is 6.07 Å². The van der Waals surface area contributed by atoms with Crippen molar-refractivity contribution in [2.75, 3.05) is 6.54 Å². The van der Waals surface area contributed by atoms with Gasteiger partial charge in [-0.1, -0.05) is 6.92 Å². The minimum Gasteiger partial charge on any atom is -0.313 e. The van der Waals surface area contributed by atoms with Crippen LogP contribution < -0.4 is 10.0 Å². The lowest BCUT2D eigenvalue weighted by Gasteiger charge is -2.06. The van der Waals surface area contributed by atoms with E-state index >= 15 is 0 Å². The molecule has 0 aliphatic carbocycles. The van der Waals surface area contributed by atoms with Gasteiger partial charge in [-0.05, 0) is 37.4 Å². The van der Waals surface area contributed by atoms with Gasteiger partial charge in [0.1, 0.15) is 4.21 Å². The molecule has 6 heteroatoms. The first kappa shape index (κ1) is 13.6. The van der Waals surface area contributed by atoms with Crippen molar-refractivity contribution >= 4 is 21.4 Å². The topological polar surface area (TPSA) is 58.2 Å². The van der Waals surface area contributed by atoms with Crippen LogP contribution in [0, 0.1) is 0 Å². The molecule has 1 heterocycles. The van der Waals surface area contributed by atoms with Gasteiger partial charge in [0, 0.05) is 12.6 Å². The molecule has 0 amide bonds. The molecule has 0 saturated carbocycles. The van der Waals surface area contributed by atoms with Crippen LogP contribution in [0.3, 0.4) is 0 Å². The maximum Gasteiger partial charge on any atom is 0.250 e. The lowest BCUT2D eigenvalue weighted by Crippen LogP contribution is -2.29. The van der Waals surface area contributed by atoms with E-state index in [1.165, 1.54) is 11.3 Å². The van der Waals surface area contributed by atoms with Crippen LogP contribution in [0.25, 0.3) is 0 Å². The van der Waals surface area contributed by atoms with E-state index in [-0.39, 0.29) is 6.04 Å². The summed E-state index contributed by atoms with van der Waals surface area (Å²) in [6.07, 6.45) is 0. The zero-order valence-corrected chi connectivity index (χ0v) is 11.4. The minimum atomic E-state index is -3.32. The van der Waals surface area contributed by atoms with E-state index in [1.807, 2.05) is 26.2 Å². The summed E-state index contributed by atoms with van der Waals surface area (Å²) >= 11 is 1.26. The molecule has 2 N–H and O–H groups in total. The summed E-state index contributed by atoms with van der Waals surface area (Å²) in [6, 6.07) is 1.64. The number of sulfonamides is 1. The zero-order valence-electron chi connectivity index (χ0n) is 9.78. The number of hydrogen-bond donors (Lipinski definition) is 2. The van der Waals surface area contributed by atoms with Gasteiger partial charge in [0.05, 0.1) is 0 Å². The average molecular weight is 262 g/mol. The van der Waals surface area contributed by atoms with Gasteiger partial charge in [-0.2, -0.15) is 0 Å². The first-order valence-corrected chi connectivity index (χ1v) is 7.62. The molecule has 0 unspecified atom stereocenters. The predicted molar refractivity (Wildman–Crippen MR) is 67.2 cm³/mol. The molecule has 0 fully saturated rings. The number of rotatable bonds is 6. The molecule has 1 rings (SSSR count). The first-order valence-electron chi connectivity index (χ1n) is 5.26. The van der Waals surface area contributed by atoms with Gasteiger partial charge >= 0.3 is 0 Å². The maximum atomic E-state index is 11.8. The molecule has 4 nitrogen and oxygen atoms in total. The highest BCUT2D eigenvalue weighted by Crippen LogP contribution is 2.20. The summed E-state index contributed by atoms with van der Waals surface area (Å²) in [5.74, 6) is 0. The molecular weight excluding hydrogens is 244 g/mol. The fourth-order valence-corrected chi connectivity index (χ4v) is 3.70. The second kappa shape index (κ2) is 5.77. The summed E-state index contributed by atoms with van der Waals surface area (Å²) in [5, 5.41) is 5.03. The van der Waals surface area contributed by atoms with Gasteiger partial charge in [-0.3, -0.25) is 0 Å². The highest BCUT2D eigenvalue weighted by atomic mass is 32.2. The molecule has 0 aliphatic heterocycles. The van der Waals surface area contributed by atoms with Gasteiger partial charge in [0.2, 0.25) is 10.0 Å². The Morgan fingerprint density at radius 2 is 2.12 bits per heavy atom. The van der Waals surface area contributed by atoms with Crippen molar-refractivity contribution < 1.29 is 8.42 Å². The van der Waals surface area contributed by atoms with Crippen LogP contribution in [0.5, 0.6) is 0 Å². The summed E-state index contributed by atoms with van der Waals surface area (Å²) in [7, 11) is -3.32. The summed E-state index contributed by atoms with van der Waals surface area (Å²) < 4.78 is 26.6. The summed E-state index contributed by atoms with van der Waals surface area (Å²) in [6.45, 7) is 7.23. The van der Waals surface area contributed by atoms with Gasteiger partial charge < -0.3 is 5.32 Å². The zero-order chi connectivity index (χ0) is 12.2. The third-order valence-electron chi connectivity index (χ3n) is 1.86. The van der Waals surface area contributed by atoms with Crippen molar-refractivity contribution in [2.45, 2.75) is 37.6 Å². The fraction of sp³-hybridized carbons (Fsp3) is 0.600. The molecule has 1 aromatic heterocycles. The van der Waals surface area contributed by atoms with Crippen molar-refractivity contribution in [3.05, 3.63) is 17.0 Å². The van der Waals surface area contributed by atoms with E-state index in [2.05, 4.69) is 10.0 Å². The third kappa shape index (κ3) is 3.86. The molecule has 0 atom stereocenters. The average Bonchev–Trinajstić information content (AvgIpc) is 2.61. The van der Waals surface area contributed by atoms with Crippen LogP contribution in [0.4, 0.5) is 0 Å². The molecule has 92 valence electrons. The van der Waals surface area contributed by atoms with E-state index in [4.69, 9.17) is 0 Å². The summed E-state index contributed by atoms with van der Waals surface area (Å²) in [5.41, 5.74) is 1.01. The smallest absolute Gasteiger partial charge is 0.250 e. The van der Waals surface area contributed by atoms with Crippen LogP contribution in [0.2, 0.25) is 0 Å². The Hall–Kier alpha value is -0.430. The molecule has 0 bridgehead atoms. The van der Waals surface area contributed by atoms with Crippen LogP contribution in [-0.4, -0.2) is 21.0 Å². The third-order valence-corrected chi connectivity index (χ3v) is 5.01. The van der Waals surface area contributed by atoms with Crippen molar-refractivity contribution in [1.82, 2.24) is 10.0 Å². The highest BCUT2D eigenvalue weighted by molar-refractivity contribution is 7.91. The second-order valence-corrected chi connectivity index (χ2v) is 6.68. The van der Waals surface area contributed by atoms with E-state index in [0.29, 0.717) is 10.8 Å². The lowest BCUT2D eigenvalue weighted by molar-refractivity contribution is 0.572. The molecule has 16 heavy (non-hydrogen) atoms. The Morgan fingerprint density at radius 1 is 1.44 bits per heavy atom. The molecule has 0 aromatic carbocycles. The van der Waals surface area contributed by atoms with Crippen LogP contribution in [-0.2, 0) is 16.6 Å². The van der Waals surface area contributed by atoms with Crippen molar-refractivity contribution in [3.63, 3.8) is 0 Å². The van der Waals surface area contributed by atoms with Crippen LogP contribution >= 0.6 is 11.3 Å². The predicted octanol–water partition coefficient (Wildman–Crippen LogP) is 1.54. The van der Waals surface area contributed by atoms with Gasteiger partial charge in [0.25, 0.3) is 0 Å². The molecule has 0 spiro atoms. The Kier molecular flexibility index (Phi) is 4.91. The van der Waals surface area contributed by atoms with Crippen molar-refractivity contribution in [1.29, 1.82) is 0 Å². The monoisotopic (exact) mass is 262 g/mol. The largest absolute Gasteiger partial charge is 0.313 e. The highest BCUT2D eigenvalue weighted by Gasteiger charge is 2.17. The Labute approximate surface area is 101 Å². The minimum absolute atomic E-state index is 0.0793. The molecule has 0 radical (unpaired) electrons. The summed E-state index contributed by atoms with van der Waals surface area (Å²) in [4.78, 5) is 0. The fourth-order valence-electron chi connectivity index (χ4n) is 1.22. The maximum absolute atomic E-state index is 11.8. The molecule has 0 aliphatic rings. The normalized spacial score (nSPS) is 12.2. The molecule has 0 saturated heterocycles. The number of nitrogens with one attached hydrogen (secondary N) is 2. The van der Waals surface area contributed by atoms with Gasteiger partial charge in [0.15, 0.2) is 0 Å². The Morgan fingerprint density at radius 3 is 2.69 bits per heavy atom. The van der Waals surface area contributed by atoms with Crippen LogP contribution in [0.15, 0.2) is 15.7 Å². The number of hydrogen-bond acceptors (Lipinski definition) is 4. The first-order chi connectivity index (χ1) is 7.45. The molecule has 1 aromatic rings. The van der Waals surface area contributed by atoms with Gasteiger partial charge in [-0.15, -0.1) is 11.3 Å². The van der Waals surface area contributed by atoms with Crippen LogP contribution in [0.1, 0.15) is 26.3 Å². The standard InChI is InChI=1S/C10H18N2O2S2/c1-4-11-6-9-5-10(15-7-9)16(13,14)12-8(2)3/h5,7-8,11-12H,4,6H2,1-3H3. The molecular formula is C10H18N2O2S2. The lowest BCUT2D eigenvalue weighted by atomic mass is 10.3. The quantitative estimate of drug-likeness (QED) is 0.817. The van der Waals surface area contributed by atoms with E-state index in [0.717, 1.165) is 12.1 Å². The van der Waals surface area contributed by atoms with E-state index in [9.17, 15) is 8.42 Å². The van der Waals surface area contributed by atoms with E-state index < -0.39 is 10.0 Å². The SMILES string of the molecule is CCNCc1csc(S(=O)(=O)NC(C)C)c1. The van der Waals surface area contributed by atoms with Crippen molar-refractivity contribution in [3.8, 4) is 0 Å². The van der Waals surface area contributed by atoms with Crippen molar-refractivity contribution in [2.24, 2.45) is 0 Å². The van der Waals surface area contributed by atoms with Gasteiger partial charge in [-0.25, -0.2) is 13.1 Å².